The molecule has 1 fully saturated rings. The summed E-state index contributed by atoms with van der Waals surface area (Å²) in [7, 11) is 0. The van der Waals surface area contributed by atoms with Crippen molar-refractivity contribution in [2.45, 2.75) is 64.7 Å². The van der Waals surface area contributed by atoms with Crippen LogP contribution in [0.4, 0.5) is 13.2 Å². The van der Waals surface area contributed by atoms with E-state index >= 15 is 0 Å². The highest BCUT2D eigenvalue weighted by atomic mass is 19.2. The first kappa shape index (κ1) is 20.7. The number of benzene rings is 2. The molecule has 0 unspecified atom stereocenters. The summed E-state index contributed by atoms with van der Waals surface area (Å²) in [6.45, 7) is 3.87. The minimum absolute atomic E-state index is 0.0885. The van der Waals surface area contributed by atoms with Gasteiger partial charge in [-0.05, 0) is 73.1 Å². The van der Waals surface area contributed by atoms with Crippen molar-refractivity contribution in [3.05, 3.63) is 76.1 Å². The maximum atomic E-state index is 14.2. The second-order valence-electron chi connectivity index (χ2n) is 7.87. The molecule has 0 saturated heterocycles. The van der Waals surface area contributed by atoms with E-state index in [0.29, 0.717) is 29.4 Å². The maximum absolute atomic E-state index is 14.2. The lowest BCUT2D eigenvalue weighted by molar-refractivity contribution is 0.376. The summed E-state index contributed by atoms with van der Waals surface area (Å²) in [6.07, 6.45) is 9.87. The maximum Gasteiger partial charge on any atom is 0.166 e. The number of hydrogen-bond donors (Lipinski definition) is 0. The van der Waals surface area contributed by atoms with Crippen LogP contribution in [0.5, 0.6) is 0 Å². The highest BCUT2D eigenvalue weighted by Gasteiger charge is 2.22. The summed E-state index contributed by atoms with van der Waals surface area (Å²) < 4.78 is 42.3. The van der Waals surface area contributed by atoms with E-state index in [1.807, 2.05) is 19.1 Å². The lowest BCUT2D eigenvalue weighted by Gasteiger charge is -2.27. The summed E-state index contributed by atoms with van der Waals surface area (Å²) in [6, 6.07) is 9.02. The number of halogens is 3. The van der Waals surface area contributed by atoms with Crippen molar-refractivity contribution < 1.29 is 13.2 Å². The molecule has 3 rings (SSSR count). The molecule has 0 aromatic heterocycles. The number of hydrogen-bond acceptors (Lipinski definition) is 0. The Hall–Kier alpha value is -2.03. The third-order valence-corrected chi connectivity index (χ3v) is 5.96. The molecule has 0 bridgehead atoms. The average molecular weight is 387 g/mol. The molecule has 3 heteroatoms. The second kappa shape index (κ2) is 9.45. The van der Waals surface area contributed by atoms with E-state index in [-0.39, 0.29) is 5.82 Å². The molecular formula is C25H29F3. The summed E-state index contributed by atoms with van der Waals surface area (Å²) in [5, 5.41) is 0. The molecule has 0 heterocycles. The van der Waals surface area contributed by atoms with Crippen LogP contribution in [-0.4, -0.2) is 0 Å². The van der Waals surface area contributed by atoms with Gasteiger partial charge in [0.05, 0.1) is 0 Å². The van der Waals surface area contributed by atoms with Gasteiger partial charge >= 0.3 is 0 Å². The molecule has 0 atom stereocenters. The smallest absolute Gasteiger partial charge is 0.166 e. The van der Waals surface area contributed by atoms with Crippen LogP contribution >= 0.6 is 0 Å². The van der Waals surface area contributed by atoms with Crippen LogP contribution in [0.2, 0.25) is 0 Å². The van der Waals surface area contributed by atoms with Crippen LogP contribution in [0.15, 0.2) is 36.4 Å². The van der Waals surface area contributed by atoms with Crippen LogP contribution in [0.1, 0.15) is 74.1 Å². The van der Waals surface area contributed by atoms with E-state index in [0.717, 1.165) is 49.7 Å². The van der Waals surface area contributed by atoms with Crippen LogP contribution in [-0.2, 0) is 12.8 Å². The van der Waals surface area contributed by atoms with Crippen LogP contribution in [0.25, 0.3) is 6.08 Å². The van der Waals surface area contributed by atoms with Crippen molar-refractivity contribution in [2.24, 2.45) is 5.92 Å². The van der Waals surface area contributed by atoms with Crippen LogP contribution < -0.4 is 0 Å². The Balaban J connectivity index is 1.61. The van der Waals surface area contributed by atoms with Gasteiger partial charge in [0.15, 0.2) is 11.6 Å². The minimum Gasteiger partial charge on any atom is -0.207 e. The van der Waals surface area contributed by atoms with E-state index < -0.39 is 11.6 Å². The van der Waals surface area contributed by atoms with Gasteiger partial charge in [-0.15, -0.1) is 0 Å². The van der Waals surface area contributed by atoms with Crippen molar-refractivity contribution in [3.8, 4) is 0 Å². The van der Waals surface area contributed by atoms with Gasteiger partial charge < -0.3 is 0 Å². The van der Waals surface area contributed by atoms with Gasteiger partial charge in [-0.3, -0.25) is 0 Å². The normalized spacial score (nSPS) is 20.0. The molecule has 150 valence electrons. The largest absolute Gasteiger partial charge is 0.207 e. The van der Waals surface area contributed by atoms with Gasteiger partial charge in [0.1, 0.15) is 5.82 Å². The minimum atomic E-state index is -0.757. The molecule has 2 aromatic rings. The molecule has 1 aliphatic rings. The first-order chi connectivity index (χ1) is 13.5. The Bertz CT molecular complexity index is 830. The number of allylic oxidation sites excluding steroid dienone is 1. The third kappa shape index (κ3) is 4.68. The van der Waals surface area contributed by atoms with Gasteiger partial charge in [-0.1, -0.05) is 56.7 Å². The fourth-order valence-corrected chi connectivity index (χ4v) is 4.18. The number of rotatable bonds is 6. The molecule has 0 N–H and O–H groups in total. The van der Waals surface area contributed by atoms with Crippen molar-refractivity contribution >= 4 is 6.08 Å². The van der Waals surface area contributed by atoms with Gasteiger partial charge in [-0.2, -0.15) is 0 Å². The van der Waals surface area contributed by atoms with E-state index in [2.05, 4.69) is 13.0 Å². The lowest BCUT2D eigenvalue weighted by atomic mass is 9.78. The SMILES string of the molecule is CCCc1ccc(C2CCC(/C=C/c3ccc(CC)c(F)c3F)CC2)cc1F. The molecular weight excluding hydrogens is 357 g/mol. The lowest BCUT2D eigenvalue weighted by Crippen LogP contribution is -2.12. The molecule has 0 spiro atoms. The summed E-state index contributed by atoms with van der Waals surface area (Å²) in [5.41, 5.74) is 2.60. The summed E-state index contributed by atoms with van der Waals surface area (Å²) in [5.74, 6) is -0.843. The monoisotopic (exact) mass is 386 g/mol. The van der Waals surface area contributed by atoms with Crippen molar-refractivity contribution in [2.75, 3.05) is 0 Å². The van der Waals surface area contributed by atoms with E-state index in [1.165, 1.54) is 0 Å². The zero-order valence-electron chi connectivity index (χ0n) is 16.8. The molecule has 0 amide bonds. The Kier molecular flexibility index (Phi) is 6.98. The Morgan fingerprint density at radius 2 is 1.61 bits per heavy atom. The van der Waals surface area contributed by atoms with E-state index in [1.54, 1.807) is 24.3 Å². The van der Waals surface area contributed by atoms with E-state index in [9.17, 15) is 13.2 Å². The quantitative estimate of drug-likeness (QED) is 0.479. The molecule has 0 aliphatic heterocycles. The van der Waals surface area contributed by atoms with Crippen molar-refractivity contribution in [1.29, 1.82) is 0 Å². The zero-order valence-corrected chi connectivity index (χ0v) is 16.8. The zero-order chi connectivity index (χ0) is 20.1. The van der Waals surface area contributed by atoms with Gasteiger partial charge in [0.25, 0.3) is 0 Å². The fourth-order valence-electron chi connectivity index (χ4n) is 4.18. The highest BCUT2D eigenvalue weighted by molar-refractivity contribution is 5.51. The average Bonchev–Trinajstić information content (AvgIpc) is 2.71. The molecule has 1 saturated carbocycles. The molecule has 1 aliphatic carbocycles. The predicted molar refractivity (Wildman–Crippen MR) is 110 cm³/mol. The Morgan fingerprint density at radius 1 is 0.893 bits per heavy atom. The standard InChI is InChI=1S/C25H29F3/c1-3-5-20-13-15-22(16-23(20)26)19-9-6-17(7-10-19)8-11-21-14-12-18(4-2)24(27)25(21)28/h8,11-17,19H,3-7,9-10H2,1-2H3/b11-8+. The highest BCUT2D eigenvalue weighted by Crippen LogP contribution is 2.37. The third-order valence-electron chi connectivity index (χ3n) is 5.96. The van der Waals surface area contributed by atoms with Gasteiger partial charge in [0, 0.05) is 5.56 Å². The Labute approximate surface area is 166 Å². The summed E-state index contributed by atoms with van der Waals surface area (Å²) >= 11 is 0. The first-order valence-corrected chi connectivity index (χ1v) is 10.5. The van der Waals surface area contributed by atoms with Crippen LogP contribution in [0.3, 0.4) is 0 Å². The topological polar surface area (TPSA) is 0 Å². The molecule has 28 heavy (non-hydrogen) atoms. The fraction of sp³-hybridized carbons (Fsp3) is 0.440. The number of aryl methyl sites for hydroxylation is 2. The van der Waals surface area contributed by atoms with Crippen LogP contribution in [0, 0.1) is 23.4 Å². The van der Waals surface area contributed by atoms with Gasteiger partial charge in [0.2, 0.25) is 0 Å². The molecule has 0 radical (unpaired) electrons. The van der Waals surface area contributed by atoms with Crippen molar-refractivity contribution in [1.82, 2.24) is 0 Å². The first-order valence-electron chi connectivity index (χ1n) is 10.5. The molecule has 0 nitrogen and oxygen atoms in total. The van der Waals surface area contributed by atoms with Crippen molar-refractivity contribution in [3.63, 3.8) is 0 Å². The second-order valence-corrected chi connectivity index (χ2v) is 7.87. The summed E-state index contributed by atoms with van der Waals surface area (Å²) in [4.78, 5) is 0. The Morgan fingerprint density at radius 3 is 2.25 bits per heavy atom. The predicted octanol–water partition coefficient (Wildman–Crippen LogP) is 7.61. The van der Waals surface area contributed by atoms with Gasteiger partial charge in [-0.25, -0.2) is 13.2 Å². The molecule has 2 aromatic carbocycles. The van der Waals surface area contributed by atoms with E-state index in [4.69, 9.17) is 0 Å².